The fraction of sp³-hybridized carbons (Fsp3) is 0.150. The van der Waals surface area contributed by atoms with Crippen LogP contribution >= 0.6 is 0 Å². The highest BCUT2D eigenvalue weighted by atomic mass is 19.1. The van der Waals surface area contributed by atoms with E-state index in [1.807, 2.05) is 12.1 Å². The van der Waals surface area contributed by atoms with Crippen LogP contribution in [0.25, 0.3) is 21.9 Å². The summed E-state index contributed by atoms with van der Waals surface area (Å²) in [5, 5.41) is 9.87. The summed E-state index contributed by atoms with van der Waals surface area (Å²) in [6.45, 7) is 2.07. The summed E-state index contributed by atoms with van der Waals surface area (Å²) in [6.07, 6.45) is 1.90. The van der Waals surface area contributed by atoms with E-state index < -0.39 is 23.0 Å². The van der Waals surface area contributed by atoms with E-state index in [4.69, 9.17) is 5.26 Å². The van der Waals surface area contributed by atoms with Crippen LogP contribution in [0.1, 0.15) is 24.5 Å². The van der Waals surface area contributed by atoms with Crippen molar-refractivity contribution in [3.8, 4) is 17.2 Å². The maximum absolute atomic E-state index is 14.8. The van der Waals surface area contributed by atoms with Gasteiger partial charge >= 0.3 is 0 Å². The molecule has 0 saturated carbocycles. The van der Waals surface area contributed by atoms with E-state index in [9.17, 15) is 13.2 Å². The van der Waals surface area contributed by atoms with Crippen molar-refractivity contribution in [3.05, 3.63) is 71.0 Å². The van der Waals surface area contributed by atoms with Crippen molar-refractivity contribution in [2.75, 3.05) is 0 Å². The first kappa shape index (κ1) is 16.1. The van der Waals surface area contributed by atoms with Gasteiger partial charge < -0.3 is 0 Å². The average molecular weight is 325 g/mol. The number of nitrogens with zero attached hydrogens (tertiary/aromatic N) is 1. The van der Waals surface area contributed by atoms with E-state index in [1.54, 1.807) is 12.1 Å². The normalized spacial score (nSPS) is 10.8. The summed E-state index contributed by atoms with van der Waals surface area (Å²) in [5.74, 6) is -2.52. The second kappa shape index (κ2) is 6.37. The molecule has 3 aromatic carbocycles. The summed E-state index contributed by atoms with van der Waals surface area (Å²) >= 11 is 0. The minimum absolute atomic E-state index is 0.0704. The fourth-order valence-corrected chi connectivity index (χ4v) is 2.84. The van der Waals surface area contributed by atoms with Gasteiger partial charge in [-0.05, 0) is 35.1 Å². The molecule has 0 saturated heterocycles. The molecule has 0 aliphatic rings. The quantitative estimate of drug-likeness (QED) is 0.601. The van der Waals surface area contributed by atoms with Crippen molar-refractivity contribution < 1.29 is 13.2 Å². The van der Waals surface area contributed by atoms with Crippen LogP contribution in [0.15, 0.2) is 42.5 Å². The lowest BCUT2D eigenvalue weighted by molar-refractivity contribution is 0.577. The molecule has 3 aromatic rings. The molecule has 0 atom stereocenters. The number of aryl methyl sites for hydroxylation is 1. The number of hydrogen-bond donors (Lipinski definition) is 0. The van der Waals surface area contributed by atoms with Gasteiger partial charge in [-0.2, -0.15) is 5.26 Å². The summed E-state index contributed by atoms with van der Waals surface area (Å²) in [7, 11) is 0. The van der Waals surface area contributed by atoms with Crippen molar-refractivity contribution in [1.82, 2.24) is 0 Å². The number of halogens is 3. The maximum Gasteiger partial charge on any atom is 0.144 e. The zero-order chi connectivity index (χ0) is 17.3. The lowest BCUT2D eigenvalue weighted by Gasteiger charge is -2.09. The van der Waals surface area contributed by atoms with Crippen LogP contribution in [-0.4, -0.2) is 0 Å². The summed E-state index contributed by atoms with van der Waals surface area (Å²) in [4.78, 5) is 0. The predicted octanol–water partition coefficient (Wildman–Crippen LogP) is 5.75. The van der Waals surface area contributed by atoms with Crippen LogP contribution in [0.4, 0.5) is 13.2 Å². The Morgan fingerprint density at radius 2 is 1.67 bits per heavy atom. The minimum Gasteiger partial charge on any atom is -0.206 e. The Hall–Kier alpha value is -2.80. The molecule has 0 fully saturated rings. The molecule has 4 heteroatoms. The largest absolute Gasteiger partial charge is 0.206 e. The van der Waals surface area contributed by atoms with E-state index in [-0.39, 0.29) is 11.1 Å². The Labute approximate surface area is 138 Å². The smallest absolute Gasteiger partial charge is 0.144 e. The van der Waals surface area contributed by atoms with Crippen LogP contribution in [0, 0.1) is 28.8 Å². The molecular formula is C20H14F3N. The number of hydrogen-bond acceptors (Lipinski definition) is 1. The van der Waals surface area contributed by atoms with Crippen LogP contribution in [0.5, 0.6) is 0 Å². The van der Waals surface area contributed by atoms with Crippen molar-refractivity contribution in [2.24, 2.45) is 0 Å². The molecule has 120 valence electrons. The first-order valence-electron chi connectivity index (χ1n) is 7.65. The molecule has 0 radical (unpaired) electrons. The van der Waals surface area contributed by atoms with Crippen LogP contribution in [-0.2, 0) is 6.42 Å². The van der Waals surface area contributed by atoms with Crippen LogP contribution in [0.2, 0.25) is 0 Å². The third-order valence-electron chi connectivity index (χ3n) is 4.02. The fourth-order valence-electron chi connectivity index (χ4n) is 2.84. The van der Waals surface area contributed by atoms with Gasteiger partial charge in [0.1, 0.15) is 29.1 Å². The average Bonchev–Trinajstić information content (AvgIpc) is 2.55. The number of nitriles is 1. The summed E-state index contributed by atoms with van der Waals surface area (Å²) < 4.78 is 42.4. The maximum atomic E-state index is 14.8. The molecule has 0 amide bonds. The van der Waals surface area contributed by atoms with Gasteiger partial charge in [0.2, 0.25) is 0 Å². The summed E-state index contributed by atoms with van der Waals surface area (Å²) in [5.41, 5.74) is 0.630. The Kier molecular flexibility index (Phi) is 4.26. The molecule has 0 unspecified atom stereocenters. The SMILES string of the molecule is CCCc1ccc2c(F)c(-c3cc(F)c(C#N)c(F)c3)ccc2c1. The molecular weight excluding hydrogens is 311 g/mol. The van der Waals surface area contributed by atoms with Crippen molar-refractivity contribution >= 4 is 10.8 Å². The topological polar surface area (TPSA) is 23.8 Å². The van der Waals surface area contributed by atoms with Gasteiger partial charge in [0.05, 0.1) is 0 Å². The first-order chi connectivity index (χ1) is 11.5. The molecule has 0 aromatic heterocycles. The van der Waals surface area contributed by atoms with Crippen molar-refractivity contribution in [2.45, 2.75) is 19.8 Å². The van der Waals surface area contributed by atoms with E-state index >= 15 is 0 Å². The molecule has 0 N–H and O–H groups in total. The van der Waals surface area contributed by atoms with Crippen LogP contribution in [0.3, 0.4) is 0 Å². The molecule has 0 spiro atoms. The zero-order valence-corrected chi connectivity index (χ0v) is 13.0. The van der Waals surface area contributed by atoms with E-state index in [2.05, 4.69) is 6.92 Å². The van der Waals surface area contributed by atoms with Gasteiger partial charge in [0.15, 0.2) is 0 Å². The first-order valence-corrected chi connectivity index (χ1v) is 7.65. The third-order valence-corrected chi connectivity index (χ3v) is 4.02. The van der Waals surface area contributed by atoms with Crippen molar-refractivity contribution in [3.63, 3.8) is 0 Å². The minimum atomic E-state index is -0.995. The molecule has 0 bridgehead atoms. The monoisotopic (exact) mass is 325 g/mol. The van der Waals surface area contributed by atoms with Gasteiger partial charge in [0, 0.05) is 10.9 Å². The van der Waals surface area contributed by atoms with Gasteiger partial charge in [-0.3, -0.25) is 0 Å². The lowest BCUT2D eigenvalue weighted by atomic mass is 9.97. The predicted molar refractivity (Wildman–Crippen MR) is 88.0 cm³/mol. The van der Waals surface area contributed by atoms with E-state index in [0.29, 0.717) is 5.39 Å². The Bertz CT molecular complexity index is 948. The van der Waals surface area contributed by atoms with Gasteiger partial charge in [-0.1, -0.05) is 43.7 Å². The number of rotatable bonds is 3. The molecule has 1 nitrogen and oxygen atoms in total. The zero-order valence-electron chi connectivity index (χ0n) is 13.0. The summed E-state index contributed by atoms with van der Waals surface area (Å²) in [6, 6.07) is 12.1. The molecule has 0 aliphatic heterocycles. The highest BCUT2D eigenvalue weighted by Crippen LogP contribution is 2.31. The molecule has 24 heavy (non-hydrogen) atoms. The van der Waals surface area contributed by atoms with Crippen LogP contribution < -0.4 is 0 Å². The van der Waals surface area contributed by atoms with Gasteiger partial charge in [0.25, 0.3) is 0 Å². The second-order valence-corrected chi connectivity index (χ2v) is 5.66. The number of fused-ring (bicyclic) bond motifs is 1. The Morgan fingerprint density at radius 1 is 0.958 bits per heavy atom. The molecule has 0 heterocycles. The second-order valence-electron chi connectivity index (χ2n) is 5.66. The van der Waals surface area contributed by atoms with Crippen molar-refractivity contribution in [1.29, 1.82) is 5.26 Å². The Balaban J connectivity index is 2.16. The van der Waals surface area contributed by atoms with E-state index in [0.717, 1.165) is 35.9 Å². The lowest BCUT2D eigenvalue weighted by Crippen LogP contribution is -1.94. The Morgan fingerprint density at radius 3 is 2.29 bits per heavy atom. The highest BCUT2D eigenvalue weighted by Gasteiger charge is 2.15. The number of benzene rings is 3. The van der Waals surface area contributed by atoms with Gasteiger partial charge in [-0.15, -0.1) is 0 Å². The standard InChI is InChI=1S/C20H14F3N/c1-2-3-12-4-6-15-13(8-12)5-7-16(20(15)23)14-9-18(21)17(11-24)19(22)10-14/h4-10H,2-3H2,1H3. The molecule has 3 rings (SSSR count). The molecule has 0 aliphatic carbocycles. The third kappa shape index (κ3) is 2.74. The van der Waals surface area contributed by atoms with E-state index in [1.165, 1.54) is 12.1 Å². The highest BCUT2D eigenvalue weighted by molar-refractivity contribution is 5.88. The van der Waals surface area contributed by atoms with Gasteiger partial charge in [-0.25, -0.2) is 13.2 Å².